The number of carbonyl (C=O) groups excluding carboxylic acids is 2. The molecule has 1 N–H and O–H groups in total. The predicted octanol–water partition coefficient (Wildman–Crippen LogP) is 1.34. The highest BCUT2D eigenvalue weighted by Crippen LogP contribution is 2.47. The standard InChI is InChI=1S/C17H23N3O5S2/c1-17-8-7-15(21)20(17)13(10-26-17)16(22)18-12-9-11(5-6-14(12)25-4)27(23,24)19(2)3/h5-6,9,13H,7-8,10H2,1-4H3,(H,18,22)/t13-,17+/m1/s1. The molecule has 2 aliphatic heterocycles. The molecule has 1 aromatic rings. The van der Waals surface area contributed by atoms with Crippen molar-refractivity contribution in [2.45, 2.75) is 35.6 Å². The summed E-state index contributed by atoms with van der Waals surface area (Å²) in [6, 6.07) is 3.71. The van der Waals surface area contributed by atoms with Crippen molar-refractivity contribution in [3.05, 3.63) is 18.2 Å². The van der Waals surface area contributed by atoms with E-state index < -0.39 is 16.1 Å². The third-order valence-electron chi connectivity index (χ3n) is 4.95. The van der Waals surface area contributed by atoms with Crippen molar-refractivity contribution >= 4 is 39.3 Å². The number of methoxy groups -OCH3 is 1. The number of hydrogen-bond donors (Lipinski definition) is 1. The molecule has 0 unspecified atom stereocenters. The van der Waals surface area contributed by atoms with Crippen molar-refractivity contribution in [2.24, 2.45) is 0 Å². The maximum atomic E-state index is 12.9. The molecule has 2 atom stereocenters. The Bertz CT molecular complexity index is 887. The molecule has 3 rings (SSSR count). The topological polar surface area (TPSA) is 96.0 Å². The number of benzene rings is 1. The largest absolute Gasteiger partial charge is 0.495 e. The zero-order chi connectivity index (χ0) is 20.0. The summed E-state index contributed by atoms with van der Waals surface area (Å²) in [6.07, 6.45) is 1.16. The number of rotatable bonds is 5. The second-order valence-corrected chi connectivity index (χ2v) is 10.6. The van der Waals surface area contributed by atoms with Gasteiger partial charge in [0.25, 0.3) is 0 Å². The van der Waals surface area contributed by atoms with E-state index in [0.717, 1.165) is 10.7 Å². The van der Waals surface area contributed by atoms with E-state index in [1.807, 2.05) is 6.92 Å². The molecule has 148 valence electrons. The number of hydrogen-bond acceptors (Lipinski definition) is 6. The molecular formula is C17H23N3O5S2. The van der Waals surface area contributed by atoms with Crippen LogP contribution in [-0.4, -0.2) is 67.3 Å². The molecule has 0 aromatic heterocycles. The van der Waals surface area contributed by atoms with E-state index in [-0.39, 0.29) is 27.3 Å². The van der Waals surface area contributed by atoms with E-state index in [1.165, 1.54) is 39.4 Å². The number of amides is 2. The first kappa shape index (κ1) is 20.0. The summed E-state index contributed by atoms with van der Waals surface area (Å²) in [6.45, 7) is 1.97. The Labute approximate surface area is 163 Å². The van der Waals surface area contributed by atoms with Crippen molar-refractivity contribution in [1.82, 2.24) is 9.21 Å². The van der Waals surface area contributed by atoms with Gasteiger partial charge in [0.2, 0.25) is 21.8 Å². The number of anilines is 1. The van der Waals surface area contributed by atoms with Gasteiger partial charge in [0, 0.05) is 26.3 Å². The van der Waals surface area contributed by atoms with Crippen LogP contribution in [0.5, 0.6) is 5.75 Å². The third-order valence-corrected chi connectivity index (χ3v) is 8.27. The van der Waals surface area contributed by atoms with Crippen molar-refractivity contribution in [3.8, 4) is 5.75 Å². The number of thioether (sulfide) groups is 1. The van der Waals surface area contributed by atoms with Crippen LogP contribution >= 0.6 is 11.8 Å². The molecule has 0 bridgehead atoms. The number of fused-ring (bicyclic) bond motifs is 1. The lowest BCUT2D eigenvalue weighted by Gasteiger charge is -2.30. The normalized spacial score (nSPS) is 25.0. The first-order chi connectivity index (χ1) is 12.6. The predicted molar refractivity (Wildman–Crippen MR) is 103 cm³/mol. The average Bonchev–Trinajstić information content (AvgIpc) is 3.11. The second-order valence-electron chi connectivity index (χ2n) is 6.90. The number of nitrogens with zero attached hydrogens (tertiary/aromatic N) is 2. The minimum atomic E-state index is -3.65. The molecule has 1 aromatic carbocycles. The van der Waals surface area contributed by atoms with Gasteiger partial charge in [-0.15, -0.1) is 11.8 Å². The van der Waals surface area contributed by atoms with E-state index in [4.69, 9.17) is 4.74 Å². The van der Waals surface area contributed by atoms with Crippen molar-refractivity contribution in [1.29, 1.82) is 0 Å². The van der Waals surface area contributed by atoms with Gasteiger partial charge in [0.05, 0.1) is 22.6 Å². The molecule has 2 saturated heterocycles. The molecule has 10 heteroatoms. The minimum absolute atomic E-state index is 0.0291. The molecule has 0 spiro atoms. The fraction of sp³-hybridized carbons (Fsp3) is 0.529. The number of ether oxygens (including phenoxy) is 1. The van der Waals surface area contributed by atoms with Gasteiger partial charge < -0.3 is 15.0 Å². The number of nitrogens with one attached hydrogen (secondary N) is 1. The molecule has 2 fully saturated rings. The highest BCUT2D eigenvalue weighted by molar-refractivity contribution is 8.01. The van der Waals surface area contributed by atoms with Crippen LogP contribution in [0.1, 0.15) is 19.8 Å². The molecule has 0 radical (unpaired) electrons. The Kier molecular flexibility index (Phi) is 5.17. The fourth-order valence-corrected chi connectivity index (χ4v) is 5.75. The summed E-state index contributed by atoms with van der Waals surface area (Å²) in [5.41, 5.74) is 0.260. The Morgan fingerprint density at radius 2 is 2.11 bits per heavy atom. The fourth-order valence-electron chi connectivity index (χ4n) is 3.39. The first-order valence-corrected chi connectivity index (χ1v) is 10.9. The Hall–Kier alpha value is -1.78. The summed E-state index contributed by atoms with van der Waals surface area (Å²) in [7, 11) is 0.664. The summed E-state index contributed by atoms with van der Waals surface area (Å²) >= 11 is 1.60. The molecule has 0 aliphatic carbocycles. The van der Waals surface area contributed by atoms with Crippen molar-refractivity contribution < 1.29 is 22.7 Å². The lowest BCUT2D eigenvalue weighted by Crippen LogP contribution is -2.48. The van der Waals surface area contributed by atoms with Crippen LogP contribution in [0.15, 0.2) is 23.1 Å². The van der Waals surface area contributed by atoms with Gasteiger partial charge in [-0.3, -0.25) is 9.59 Å². The minimum Gasteiger partial charge on any atom is -0.495 e. The van der Waals surface area contributed by atoms with E-state index >= 15 is 0 Å². The smallest absolute Gasteiger partial charge is 0.248 e. The van der Waals surface area contributed by atoms with Crippen LogP contribution in [0.4, 0.5) is 5.69 Å². The molecule has 2 aliphatic rings. The van der Waals surface area contributed by atoms with Crippen LogP contribution in [0.2, 0.25) is 0 Å². The van der Waals surface area contributed by atoms with Gasteiger partial charge >= 0.3 is 0 Å². The Balaban J connectivity index is 1.89. The van der Waals surface area contributed by atoms with Gasteiger partial charge in [0.15, 0.2) is 0 Å². The SMILES string of the molecule is COc1ccc(S(=O)(=O)N(C)C)cc1NC(=O)[C@H]1CS[C@@]2(C)CCC(=O)N12. The number of carbonyl (C=O) groups is 2. The maximum absolute atomic E-state index is 12.9. The molecule has 0 saturated carbocycles. The van der Waals surface area contributed by atoms with E-state index in [2.05, 4.69) is 5.32 Å². The summed E-state index contributed by atoms with van der Waals surface area (Å²) in [5.74, 6) is 0.478. The van der Waals surface area contributed by atoms with Crippen LogP contribution in [-0.2, 0) is 19.6 Å². The Morgan fingerprint density at radius 3 is 2.74 bits per heavy atom. The molecule has 2 amide bonds. The lowest BCUT2D eigenvalue weighted by molar-refractivity contribution is -0.135. The molecular weight excluding hydrogens is 390 g/mol. The first-order valence-electron chi connectivity index (χ1n) is 8.48. The lowest BCUT2D eigenvalue weighted by atomic mass is 10.2. The van der Waals surface area contributed by atoms with Crippen molar-refractivity contribution in [3.63, 3.8) is 0 Å². The molecule has 8 nitrogen and oxygen atoms in total. The van der Waals surface area contributed by atoms with E-state index in [1.54, 1.807) is 16.7 Å². The average molecular weight is 414 g/mol. The van der Waals surface area contributed by atoms with Gasteiger partial charge in [-0.25, -0.2) is 12.7 Å². The van der Waals surface area contributed by atoms with Crippen LogP contribution in [0.25, 0.3) is 0 Å². The maximum Gasteiger partial charge on any atom is 0.248 e. The quantitative estimate of drug-likeness (QED) is 0.783. The van der Waals surface area contributed by atoms with Crippen LogP contribution in [0.3, 0.4) is 0 Å². The Morgan fingerprint density at radius 1 is 1.41 bits per heavy atom. The van der Waals surface area contributed by atoms with Crippen LogP contribution in [0, 0.1) is 0 Å². The van der Waals surface area contributed by atoms with E-state index in [9.17, 15) is 18.0 Å². The van der Waals surface area contributed by atoms with Gasteiger partial charge in [0.1, 0.15) is 11.8 Å². The monoisotopic (exact) mass is 413 g/mol. The highest BCUT2D eigenvalue weighted by Gasteiger charge is 2.52. The highest BCUT2D eigenvalue weighted by atomic mass is 32.2. The zero-order valence-corrected chi connectivity index (χ0v) is 17.3. The van der Waals surface area contributed by atoms with Gasteiger partial charge in [-0.05, 0) is 31.5 Å². The summed E-state index contributed by atoms with van der Waals surface area (Å²) in [4.78, 5) is 26.5. The van der Waals surface area contributed by atoms with E-state index in [0.29, 0.717) is 17.9 Å². The molecule has 27 heavy (non-hydrogen) atoms. The zero-order valence-electron chi connectivity index (χ0n) is 15.7. The molecule has 2 heterocycles. The third kappa shape index (κ3) is 3.41. The summed E-state index contributed by atoms with van der Waals surface area (Å²) < 4.78 is 31.1. The van der Waals surface area contributed by atoms with Gasteiger partial charge in [-0.1, -0.05) is 0 Å². The van der Waals surface area contributed by atoms with Crippen LogP contribution < -0.4 is 10.1 Å². The van der Waals surface area contributed by atoms with Gasteiger partial charge in [-0.2, -0.15) is 0 Å². The second kappa shape index (κ2) is 6.99. The van der Waals surface area contributed by atoms with Crippen molar-refractivity contribution in [2.75, 3.05) is 32.3 Å². The number of sulfonamides is 1. The summed E-state index contributed by atoms with van der Waals surface area (Å²) in [5, 5.41) is 2.75.